The van der Waals surface area contributed by atoms with Gasteiger partial charge >= 0.3 is 0 Å². The van der Waals surface area contributed by atoms with Crippen molar-refractivity contribution in [1.29, 1.82) is 0 Å². The Labute approximate surface area is 130 Å². The van der Waals surface area contributed by atoms with E-state index in [1.807, 2.05) is 0 Å². The van der Waals surface area contributed by atoms with Gasteiger partial charge in [0, 0.05) is 5.92 Å². The van der Waals surface area contributed by atoms with E-state index >= 15 is 0 Å². The van der Waals surface area contributed by atoms with Gasteiger partial charge in [-0.15, -0.1) is 10.2 Å². The minimum Gasteiger partial charge on any atom is -0.308 e. The molecular weight excluding hydrogens is 278 g/mol. The lowest BCUT2D eigenvalue weighted by Gasteiger charge is -2.23. The Morgan fingerprint density at radius 1 is 1.33 bits per heavy atom. The number of hydrogen-bond acceptors (Lipinski definition) is 4. The zero-order valence-corrected chi connectivity index (χ0v) is 13.6. The number of benzene rings is 1. The van der Waals surface area contributed by atoms with Crippen LogP contribution in [0.2, 0.25) is 0 Å². The first-order valence-corrected chi connectivity index (χ1v) is 8.75. The normalized spacial score (nSPS) is 19.2. The molecule has 2 atom stereocenters. The van der Waals surface area contributed by atoms with Gasteiger partial charge < -0.3 is 5.32 Å². The molecule has 0 radical (unpaired) electrons. The Hall–Kier alpha value is -1.26. The summed E-state index contributed by atoms with van der Waals surface area (Å²) < 4.78 is 0. The topological polar surface area (TPSA) is 37.8 Å². The van der Waals surface area contributed by atoms with Crippen molar-refractivity contribution in [2.45, 2.75) is 51.5 Å². The van der Waals surface area contributed by atoms with Crippen LogP contribution in [0.15, 0.2) is 24.3 Å². The van der Waals surface area contributed by atoms with E-state index in [9.17, 15) is 0 Å². The number of fused-ring (bicyclic) bond motifs is 1. The van der Waals surface area contributed by atoms with E-state index in [1.165, 1.54) is 35.4 Å². The summed E-state index contributed by atoms with van der Waals surface area (Å²) in [6, 6.07) is 9.11. The highest BCUT2D eigenvalue weighted by molar-refractivity contribution is 7.11. The minimum absolute atomic E-state index is 0.301. The minimum atomic E-state index is 0.301. The molecule has 1 heterocycles. The molecule has 2 unspecified atom stereocenters. The standard InChI is InChI=1S/C17H23N3S/c1-3-11-18-12(2)16-19-20-17(21-16)15-10-6-8-13-7-4-5-9-14(13)15/h4-5,7,9,12,15,18H,3,6,8,10-11H2,1-2H3. The van der Waals surface area contributed by atoms with Crippen LogP contribution < -0.4 is 5.32 Å². The van der Waals surface area contributed by atoms with Crippen molar-refractivity contribution in [3.05, 3.63) is 45.4 Å². The van der Waals surface area contributed by atoms with E-state index in [2.05, 4.69) is 53.6 Å². The molecule has 0 saturated carbocycles. The molecule has 112 valence electrons. The summed E-state index contributed by atoms with van der Waals surface area (Å²) in [6.45, 7) is 5.39. The summed E-state index contributed by atoms with van der Waals surface area (Å²) in [5.74, 6) is 0.444. The maximum absolute atomic E-state index is 4.50. The largest absolute Gasteiger partial charge is 0.308 e. The van der Waals surface area contributed by atoms with E-state index in [1.54, 1.807) is 11.3 Å². The second-order valence-electron chi connectivity index (χ2n) is 5.80. The predicted molar refractivity (Wildman–Crippen MR) is 87.8 cm³/mol. The van der Waals surface area contributed by atoms with Gasteiger partial charge in [-0.2, -0.15) is 0 Å². The van der Waals surface area contributed by atoms with Crippen LogP contribution in [-0.2, 0) is 6.42 Å². The molecule has 0 amide bonds. The summed E-state index contributed by atoms with van der Waals surface area (Å²) in [6.07, 6.45) is 4.79. The van der Waals surface area contributed by atoms with Gasteiger partial charge in [0.05, 0.1) is 6.04 Å². The number of nitrogens with zero attached hydrogens (tertiary/aromatic N) is 2. The van der Waals surface area contributed by atoms with E-state index < -0.39 is 0 Å². The summed E-state index contributed by atoms with van der Waals surface area (Å²) in [5, 5.41) is 14.7. The summed E-state index contributed by atoms with van der Waals surface area (Å²) in [5.41, 5.74) is 2.95. The van der Waals surface area contributed by atoms with Crippen molar-refractivity contribution >= 4 is 11.3 Å². The van der Waals surface area contributed by atoms with Gasteiger partial charge in [-0.3, -0.25) is 0 Å². The molecule has 3 rings (SSSR count). The molecule has 0 spiro atoms. The molecule has 3 nitrogen and oxygen atoms in total. The highest BCUT2D eigenvalue weighted by Crippen LogP contribution is 2.38. The van der Waals surface area contributed by atoms with Gasteiger partial charge in [0.2, 0.25) is 0 Å². The Balaban J connectivity index is 1.81. The smallest absolute Gasteiger partial charge is 0.134 e. The Morgan fingerprint density at radius 2 is 2.19 bits per heavy atom. The molecule has 0 aliphatic heterocycles. The van der Waals surface area contributed by atoms with Crippen LogP contribution in [0.3, 0.4) is 0 Å². The maximum Gasteiger partial charge on any atom is 0.134 e. The fourth-order valence-electron chi connectivity index (χ4n) is 3.02. The molecule has 1 N–H and O–H groups in total. The number of nitrogens with one attached hydrogen (secondary N) is 1. The Kier molecular flexibility index (Phi) is 4.66. The van der Waals surface area contributed by atoms with Crippen LogP contribution in [-0.4, -0.2) is 16.7 Å². The monoisotopic (exact) mass is 301 g/mol. The van der Waals surface area contributed by atoms with Crippen molar-refractivity contribution in [1.82, 2.24) is 15.5 Å². The van der Waals surface area contributed by atoms with Crippen LogP contribution in [0.1, 0.15) is 66.2 Å². The Morgan fingerprint density at radius 3 is 3.05 bits per heavy atom. The fourth-order valence-corrected chi connectivity index (χ4v) is 4.05. The molecule has 0 saturated heterocycles. The van der Waals surface area contributed by atoms with Gasteiger partial charge in [-0.25, -0.2) is 0 Å². The van der Waals surface area contributed by atoms with E-state index in [-0.39, 0.29) is 0 Å². The summed E-state index contributed by atoms with van der Waals surface area (Å²) >= 11 is 1.78. The molecule has 1 aromatic heterocycles. The lowest BCUT2D eigenvalue weighted by molar-refractivity contribution is 0.562. The third-order valence-corrected chi connectivity index (χ3v) is 5.41. The van der Waals surface area contributed by atoms with Gasteiger partial charge in [0.1, 0.15) is 10.0 Å². The average Bonchev–Trinajstić information content (AvgIpc) is 3.02. The number of hydrogen-bond donors (Lipinski definition) is 1. The fraction of sp³-hybridized carbons (Fsp3) is 0.529. The number of aryl methyl sites for hydroxylation is 1. The lowest BCUT2D eigenvalue weighted by Crippen LogP contribution is -2.19. The number of rotatable bonds is 5. The van der Waals surface area contributed by atoms with Crippen LogP contribution in [0.25, 0.3) is 0 Å². The second kappa shape index (κ2) is 6.67. The first-order valence-electron chi connectivity index (χ1n) is 7.94. The zero-order chi connectivity index (χ0) is 14.7. The van der Waals surface area contributed by atoms with Gasteiger partial charge in [-0.1, -0.05) is 42.5 Å². The molecule has 1 aliphatic carbocycles. The van der Waals surface area contributed by atoms with Gasteiger partial charge in [0.15, 0.2) is 0 Å². The maximum atomic E-state index is 4.50. The van der Waals surface area contributed by atoms with Crippen molar-refractivity contribution in [2.75, 3.05) is 6.54 Å². The van der Waals surface area contributed by atoms with Gasteiger partial charge in [0.25, 0.3) is 0 Å². The molecule has 0 fully saturated rings. The molecule has 1 aromatic carbocycles. The van der Waals surface area contributed by atoms with Crippen LogP contribution in [0, 0.1) is 0 Å². The van der Waals surface area contributed by atoms with Crippen molar-refractivity contribution in [3.63, 3.8) is 0 Å². The molecular formula is C17H23N3S. The molecule has 1 aliphatic rings. The predicted octanol–water partition coefficient (Wildman–Crippen LogP) is 4.07. The SMILES string of the molecule is CCCNC(C)c1nnc(C2CCCc3ccccc32)s1. The van der Waals surface area contributed by atoms with Crippen LogP contribution in [0.5, 0.6) is 0 Å². The zero-order valence-electron chi connectivity index (χ0n) is 12.8. The van der Waals surface area contributed by atoms with E-state index in [0.29, 0.717) is 12.0 Å². The van der Waals surface area contributed by atoms with E-state index in [4.69, 9.17) is 0 Å². The summed E-state index contributed by atoms with van der Waals surface area (Å²) in [4.78, 5) is 0. The molecule has 0 bridgehead atoms. The first kappa shape index (κ1) is 14.7. The average molecular weight is 301 g/mol. The van der Waals surface area contributed by atoms with Crippen LogP contribution >= 0.6 is 11.3 Å². The van der Waals surface area contributed by atoms with Gasteiger partial charge in [-0.05, 0) is 50.3 Å². The molecule has 21 heavy (non-hydrogen) atoms. The molecule has 4 heteroatoms. The highest BCUT2D eigenvalue weighted by atomic mass is 32.1. The quantitative estimate of drug-likeness (QED) is 0.904. The second-order valence-corrected chi connectivity index (χ2v) is 6.84. The van der Waals surface area contributed by atoms with Crippen molar-refractivity contribution in [3.8, 4) is 0 Å². The third-order valence-electron chi connectivity index (χ3n) is 4.19. The summed E-state index contributed by atoms with van der Waals surface area (Å²) in [7, 11) is 0. The van der Waals surface area contributed by atoms with E-state index in [0.717, 1.165) is 18.0 Å². The van der Waals surface area contributed by atoms with Crippen molar-refractivity contribution in [2.24, 2.45) is 0 Å². The number of aromatic nitrogens is 2. The Bertz CT molecular complexity index is 593. The molecule has 2 aromatic rings. The van der Waals surface area contributed by atoms with Crippen molar-refractivity contribution < 1.29 is 0 Å². The van der Waals surface area contributed by atoms with Crippen LogP contribution in [0.4, 0.5) is 0 Å². The first-order chi connectivity index (χ1) is 10.3. The highest BCUT2D eigenvalue weighted by Gasteiger charge is 2.25. The lowest BCUT2D eigenvalue weighted by atomic mass is 9.83. The third kappa shape index (κ3) is 3.16.